The second-order valence-corrected chi connectivity index (χ2v) is 10.1. The van der Waals surface area contributed by atoms with E-state index in [2.05, 4.69) is 4.98 Å². The van der Waals surface area contributed by atoms with Gasteiger partial charge in [0, 0.05) is 30.9 Å². The highest BCUT2D eigenvalue weighted by Gasteiger charge is 2.23. The molecule has 0 radical (unpaired) electrons. The lowest BCUT2D eigenvalue weighted by Crippen LogP contribution is -2.37. The minimum atomic E-state index is -4.33. The van der Waals surface area contributed by atoms with E-state index in [1.165, 1.54) is 24.3 Å². The van der Waals surface area contributed by atoms with Gasteiger partial charge in [0.2, 0.25) is 5.91 Å². The number of carbonyl (C=O) groups is 4. The van der Waals surface area contributed by atoms with Crippen LogP contribution >= 0.6 is 0 Å². The first-order chi connectivity index (χ1) is 19.6. The van der Waals surface area contributed by atoms with Crippen molar-refractivity contribution in [3.05, 3.63) is 83.6 Å². The summed E-state index contributed by atoms with van der Waals surface area (Å²) in [5.41, 5.74) is 5.99. The third-order valence-electron chi connectivity index (χ3n) is 5.62. The fourth-order valence-corrected chi connectivity index (χ4v) is 4.43. The van der Waals surface area contributed by atoms with E-state index in [0.717, 1.165) is 17.8 Å². The van der Waals surface area contributed by atoms with Gasteiger partial charge < -0.3 is 20.1 Å². The molecule has 14 heteroatoms. The van der Waals surface area contributed by atoms with E-state index in [1.54, 1.807) is 35.2 Å². The number of amides is 4. The molecule has 0 bridgehead atoms. The Labute approximate surface area is 236 Å². The number of pyridine rings is 1. The van der Waals surface area contributed by atoms with Crippen molar-refractivity contribution < 1.29 is 37.1 Å². The SMILES string of the molecule is CCN(CC)C(=O)c1ccc(S(=O)(=O)NC(=O)c2cnc(OC(=O)NC(=O)CN)c(OCc3ccccc3)c2)cc1. The normalized spacial score (nSPS) is 10.8. The van der Waals surface area contributed by atoms with Crippen LogP contribution in [0.4, 0.5) is 4.79 Å². The maximum absolute atomic E-state index is 12.9. The predicted octanol–water partition coefficient (Wildman–Crippen LogP) is 1.84. The molecule has 0 fully saturated rings. The highest BCUT2D eigenvalue weighted by Crippen LogP contribution is 2.27. The van der Waals surface area contributed by atoms with Crippen LogP contribution in [0.15, 0.2) is 71.8 Å². The van der Waals surface area contributed by atoms with Crippen molar-refractivity contribution in [2.75, 3.05) is 19.6 Å². The molecule has 1 heterocycles. The minimum absolute atomic E-state index is 0.00976. The molecule has 41 heavy (non-hydrogen) atoms. The summed E-state index contributed by atoms with van der Waals surface area (Å²) < 4.78 is 38.4. The maximum atomic E-state index is 12.9. The summed E-state index contributed by atoms with van der Waals surface area (Å²) in [5, 5.41) is 1.89. The van der Waals surface area contributed by atoms with Gasteiger partial charge >= 0.3 is 6.09 Å². The minimum Gasteiger partial charge on any atom is -0.483 e. The highest BCUT2D eigenvalue weighted by atomic mass is 32.2. The fraction of sp³-hybridized carbons (Fsp3) is 0.222. The van der Waals surface area contributed by atoms with Crippen LogP contribution < -0.4 is 25.2 Å². The van der Waals surface area contributed by atoms with Crippen molar-refractivity contribution in [2.24, 2.45) is 5.73 Å². The molecule has 4 N–H and O–H groups in total. The number of sulfonamides is 1. The topological polar surface area (TPSA) is 187 Å². The van der Waals surface area contributed by atoms with Crippen LogP contribution in [0.25, 0.3) is 0 Å². The third kappa shape index (κ3) is 8.33. The van der Waals surface area contributed by atoms with Crippen LogP contribution in [0.1, 0.15) is 40.1 Å². The molecule has 3 rings (SSSR count). The van der Waals surface area contributed by atoms with Gasteiger partial charge in [-0.1, -0.05) is 30.3 Å². The van der Waals surface area contributed by atoms with E-state index in [4.69, 9.17) is 15.2 Å². The zero-order valence-electron chi connectivity index (χ0n) is 22.3. The molecular formula is C27H29N5O8S. The monoisotopic (exact) mass is 583 g/mol. The van der Waals surface area contributed by atoms with E-state index in [0.29, 0.717) is 18.7 Å². The first kappa shape index (κ1) is 30.7. The number of carbonyl (C=O) groups excluding carboxylic acids is 4. The smallest absolute Gasteiger partial charge is 0.420 e. The zero-order valence-corrected chi connectivity index (χ0v) is 23.1. The standard InChI is InChI=1S/C27H29N5O8S/c1-3-32(4-2)26(35)19-10-12-21(13-11-19)41(37,38)31-24(34)20-14-22(39-17-18-8-6-5-7-9-18)25(29-16-20)40-27(36)30-23(33)15-28/h5-14,16H,3-4,15,17,28H2,1-2H3,(H,31,34)(H,30,33,36). The summed E-state index contributed by atoms with van der Waals surface area (Å²) in [7, 11) is -4.33. The molecule has 0 aliphatic carbocycles. The number of nitrogens with two attached hydrogens (primary N) is 1. The Morgan fingerprint density at radius 3 is 2.22 bits per heavy atom. The predicted molar refractivity (Wildman–Crippen MR) is 147 cm³/mol. The molecule has 2 aromatic carbocycles. The molecule has 0 saturated heterocycles. The molecular weight excluding hydrogens is 554 g/mol. The lowest BCUT2D eigenvalue weighted by Gasteiger charge is -2.18. The van der Waals surface area contributed by atoms with Gasteiger partial charge in [0.05, 0.1) is 17.0 Å². The van der Waals surface area contributed by atoms with Gasteiger partial charge in [-0.3, -0.25) is 19.7 Å². The molecule has 4 amide bonds. The number of rotatable bonds is 11. The van der Waals surface area contributed by atoms with E-state index < -0.39 is 34.5 Å². The average Bonchev–Trinajstić information content (AvgIpc) is 2.97. The Balaban J connectivity index is 1.81. The molecule has 3 aromatic rings. The molecule has 0 atom stereocenters. The molecule has 0 spiro atoms. The number of imide groups is 1. The molecule has 0 aliphatic rings. The van der Waals surface area contributed by atoms with Crippen LogP contribution in [-0.2, 0) is 21.4 Å². The number of nitrogens with zero attached hydrogens (tertiary/aromatic N) is 2. The highest BCUT2D eigenvalue weighted by molar-refractivity contribution is 7.90. The van der Waals surface area contributed by atoms with Gasteiger partial charge in [-0.25, -0.2) is 22.9 Å². The van der Waals surface area contributed by atoms with Gasteiger partial charge in [0.1, 0.15) is 6.61 Å². The number of hydrogen-bond donors (Lipinski definition) is 3. The zero-order chi connectivity index (χ0) is 30.0. The van der Waals surface area contributed by atoms with Crippen molar-refractivity contribution >= 4 is 33.8 Å². The van der Waals surface area contributed by atoms with Gasteiger partial charge in [-0.2, -0.15) is 0 Å². The van der Waals surface area contributed by atoms with Crippen LogP contribution in [0.2, 0.25) is 0 Å². The Morgan fingerprint density at radius 1 is 0.951 bits per heavy atom. The Morgan fingerprint density at radius 2 is 1.61 bits per heavy atom. The summed E-state index contributed by atoms with van der Waals surface area (Å²) in [6.07, 6.45) is -0.209. The van der Waals surface area contributed by atoms with Crippen molar-refractivity contribution in [1.82, 2.24) is 19.9 Å². The van der Waals surface area contributed by atoms with Crippen LogP contribution in [0, 0.1) is 0 Å². The number of nitrogens with one attached hydrogen (secondary N) is 2. The number of ether oxygens (including phenoxy) is 2. The van der Waals surface area contributed by atoms with Gasteiger partial charge in [-0.05, 0) is 43.7 Å². The second-order valence-electron chi connectivity index (χ2n) is 8.38. The first-order valence-electron chi connectivity index (χ1n) is 12.4. The molecule has 216 valence electrons. The maximum Gasteiger partial charge on any atom is 0.420 e. The Bertz CT molecular complexity index is 1510. The molecule has 0 aliphatic heterocycles. The number of aromatic nitrogens is 1. The van der Waals surface area contributed by atoms with Crippen molar-refractivity contribution in [3.63, 3.8) is 0 Å². The van der Waals surface area contributed by atoms with E-state index in [9.17, 15) is 27.6 Å². The van der Waals surface area contributed by atoms with E-state index in [1.807, 2.05) is 23.9 Å². The molecule has 1 aromatic heterocycles. The van der Waals surface area contributed by atoms with E-state index in [-0.39, 0.29) is 34.6 Å². The summed E-state index contributed by atoms with van der Waals surface area (Å²) in [6, 6.07) is 15.2. The van der Waals surface area contributed by atoms with Crippen molar-refractivity contribution in [1.29, 1.82) is 0 Å². The molecule has 0 unspecified atom stereocenters. The lowest BCUT2D eigenvalue weighted by atomic mass is 10.2. The third-order valence-corrected chi connectivity index (χ3v) is 6.97. The summed E-state index contributed by atoms with van der Waals surface area (Å²) in [4.78, 5) is 54.1. The lowest BCUT2D eigenvalue weighted by molar-refractivity contribution is -0.118. The first-order valence-corrected chi connectivity index (χ1v) is 13.9. The number of benzene rings is 2. The van der Waals surface area contributed by atoms with Gasteiger partial charge in [0.25, 0.3) is 27.7 Å². The summed E-state index contributed by atoms with van der Waals surface area (Å²) in [5.74, 6) is -2.64. The van der Waals surface area contributed by atoms with Crippen LogP contribution in [0.3, 0.4) is 0 Å². The molecule has 0 saturated carbocycles. The second kappa shape index (κ2) is 14.0. The van der Waals surface area contributed by atoms with Crippen molar-refractivity contribution in [2.45, 2.75) is 25.3 Å². The Kier molecular flexibility index (Phi) is 10.5. The summed E-state index contributed by atoms with van der Waals surface area (Å²) >= 11 is 0. The number of hydrogen-bond acceptors (Lipinski definition) is 10. The average molecular weight is 584 g/mol. The molecule has 13 nitrogen and oxygen atoms in total. The quantitative estimate of drug-likeness (QED) is 0.301. The van der Waals surface area contributed by atoms with Gasteiger partial charge in [0.15, 0.2) is 5.75 Å². The fourth-order valence-electron chi connectivity index (χ4n) is 3.46. The summed E-state index contributed by atoms with van der Waals surface area (Å²) in [6.45, 7) is 4.19. The van der Waals surface area contributed by atoms with Crippen molar-refractivity contribution in [3.8, 4) is 11.6 Å². The van der Waals surface area contributed by atoms with Gasteiger partial charge in [-0.15, -0.1) is 0 Å². The van der Waals surface area contributed by atoms with E-state index >= 15 is 0 Å². The largest absolute Gasteiger partial charge is 0.483 e. The Hall–Kier alpha value is -4.82. The van der Waals surface area contributed by atoms with Crippen LogP contribution in [0.5, 0.6) is 11.6 Å². The van der Waals surface area contributed by atoms with Crippen LogP contribution in [-0.4, -0.2) is 61.8 Å².